The number of hydrogen-bond acceptors (Lipinski definition) is 7. The van der Waals surface area contributed by atoms with E-state index < -0.39 is 0 Å². The van der Waals surface area contributed by atoms with Gasteiger partial charge in [-0.3, -0.25) is 19.9 Å². The highest BCUT2D eigenvalue weighted by Crippen LogP contribution is 2.32. The van der Waals surface area contributed by atoms with Crippen molar-refractivity contribution in [3.8, 4) is 22.8 Å². The van der Waals surface area contributed by atoms with Gasteiger partial charge in [-0.1, -0.05) is 19.3 Å². The second kappa shape index (κ2) is 10.1. The third kappa shape index (κ3) is 4.60. The van der Waals surface area contributed by atoms with Crippen LogP contribution in [0.1, 0.15) is 51.4 Å². The lowest BCUT2D eigenvalue weighted by Gasteiger charge is -2.28. The fraction of sp³-hybridized carbons (Fsp3) is 0.379. The number of carbonyl (C=O) groups excluding carboxylic acids is 1. The number of fused-ring (bicyclic) bond motifs is 2. The summed E-state index contributed by atoms with van der Waals surface area (Å²) in [6.07, 6.45) is 16.1. The summed E-state index contributed by atoms with van der Waals surface area (Å²) in [5.74, 6) is 0.827. The van der Waals surface area contributed by atoms with Crippen LogP contribution in [0.25, 0.3) is 44.8 Å². The van der Waals surface area contributed by atoms with E-state index in [1.165, 1.54) is 25.7 Å². The van der Waals surface area contributed by atoms with Gasteiger partial charge in [0.05, 0.1) is 35.0 Å². The molecule has 1 amide bonds. The smallest absolute Gasteiger partial charge is 0.227 e. The summed E-state index contributed by atoms with van der Waals surface area (Å²) in [5, 5.41) is 11.6. The standard InChI is InChI=1S/C29H31N9O/c39-29(18-7-3-1-4-8-18)33-20-13-19(15-30-16-20)22-14-21-23(17-32-22)36-37-25(21)28-34-26-24(9-10-31-27(26)35-28)38-11-5-2-6-12-38/h9-10,13-18H,1-8,11-12H2,(H,33,39)(H,36,37)(H,31,34,35). The van der Waals surface area contributed by atoms with Crippen LogP contribution in [0.4, 0.5) is 11.4 Å². The molecular formula is C29H31N9O. The lowest BCUT2D eigenvalue weighted by atomic mass is 9.88. The van der Waals surface area contributed by atoms with Gasteiger partial charge in [-0.15, -0.1) is 0 Å². The number of aromatic amines is 2. The highest BCUT2D eigenvalue weighted by atomic mass is 16.1. The van der Waals surface area contributed by atoms with Gasteiger partial charge in [-0.25, -0.2) is 9.97 Å². The Morgan fingerprint density at radius 1 is 0.974 bits per heavy atom. The fourth-order valence-electron chi connectivity index (χ4n) is 5.92. The molecule has 5 aromatic rings. The van der Waals surface area contributed by atoms with Gasteiger partial charge in [0.25, 0.3) is 0 Å². The van der Waals surface area contributed by atoms with Crippen LogP contribution in [-0.2, 0) is 4.79 Å². The van der Waals surface area contributed by atoms with E-state index in [0.29, 0.717) is 22.9 Å². The first-order valence-corrected chi connectivity index (χ1v) is 13.9. The third-order valence-electron chi connectivity index (χ3n) is 8.02. The Labute approximate surface area is 225 Å². The largest absolute Gasteiger partial charge is 0.370 e. The maximum Gasteiger partial charge on any atom is 0.227 e. The Balaban J connectivity index is 1.20. The van der Waals surface area contributed by atoms with Gasteiger partial charge in [0.15, 0.2) is 11.5 Å². The molecule has 10 heteroatoms. The minimum absolute atomic E-state index is 0.0802. The van der Waals surface area contributed by atoms with Gasteiger partial charge in [0.2, 0.25) is 5.91 Å². The molecule has 0 aromatic carbocycles. The van der Waals surface area contributed by atoms with E-state index in [2.05, 4.69) is 46.4 Å². The van der Waals surface area contributed by atoms with Crippen LogP contribution < -0.4 is 10.2 Å². The summed E-state index contributed by atoms with van der Waals surface area (Å²) in [5.41, 5.74) is 6.54. The Morgan fingerprint density at radius 2 is 1.82 bits per heavy atom. The molecule has 5 aromatic heterocycles. The van der Waals surface area contributed by atoms with E-state index in [0.717, 1.165) is 72.1 Å². The van der Waals surface area contributed by atoms with Gasteiger partial charge in [0, 0.05) is 42.4 Å². The molecule has 1 saturated carbocycles. The quantitative estimate of drug-likeness (QED) is 0.280. The second-order valence-corrected chi connectivity index (χ2v) is 10.6. The Morgan fingerprint density at radius 3 is 2.69 bits per heavy atom. The molecule has 0 radical (unpaired) electrons. The summed E-state index contributed by atoms with van der Waals surface area (Å²) in [6, 6.07) is 5.98. The predicted molar refractivity (Wildman–Crippen MR) is 151 cm³/mol. The first-order valence-electron chi connectivity index (χ1n) is 13.9. The third-order valence-corrected chi connectivity index (χ3v) is 8.02. The van der Waals surface area contributed by atoms with Crippen molar-refractivity contribution < 1.29 is 4.79 Å². The average molecular weight is 522 g/mol. The van der Waals surface area contributed by atoms with Gasteiger partial charge in [-0.05, 0) is 50.3 Å². The van der Waals surface area contributed by atoms with Crippen molar-refractivity contribution in [1.29, 1.82) is 0 Å². The maximum absolute atomic E-state index is 12.8. The molecule has 198 valence electrons. The van der Waals surface area contributed by atoms with Crippen LogP contribution >= 0.6 is 0 Å². The molecule has 2 aliphatic rings. The molecule has 0 unspecified atom stereocenters. The zero-order valence-corrected chi connectivity index (χ0v) is 21.8. The van der Waals surface area contributed by atoms with Crippen LogP contribution in [0.5, 0.6) is 0 Å². The Bertz CT molecular complexity index is 1640. The number of H-pyrrole nitrogens is 2. The summed E-state index contributed by atoms with van der Waals surface area (Å²) in [4.78, 5) is 37.0. The molecule has 6 heterocycles. The first kappa shape index (κ1) is 23.8. The van der Waals surface area contributed by atoms with Crippen molar-refractivity contribution in [1.82, 2.24) is 35.1 Å². The molecule has 7 rings (SSSR count). The van der Waals surface area contributed by atoms with Crippen molar-refractivity contribution in [2.24, 2.45) is 5.92 Å². The molecule has 1 saturated heterocycles. The van der Waals surface area contributed by atoms with E-state index in [-0.39, 0.29) is 11.8 Å². The monoisotopic (exact) mass is 521 g/mol. The number of nitrogens with zero attached hydrogens (tertiary/aromatic N) is 6. The Hall–Kier alpha value is -4.34. The van der Waals surface area contributed by atoms with E-state index in [1.807, 2.05) is 18.3 Å². The van der Waals surface area contributed by atoms with Gasteiger partial charge in [-0.2, -0.15) is 5.10 Å². The van der Waals surface area contributed by atoms with E-state index in [4.69, 9.17) is 4.98 Å². The fourth-order valence-corrected chi connectivity index (χ4v) is 5.92. The number of pyridine rings is 3. The predicted octanol–water partition coefficient (Wildman–Crippen LogP) is 5.47. The van der Waals surface area contributed by atoms with E-state index in [1.54, 1.807) is 18.6 Å². The maximum atomic E-state index is 12.8. The molecule has 3 N–H and O–H groups in total. The van der Waals surface area contributed by atoms with Gasteiger partial charge < -0.3 is 15.2 Å². The van der Waals surface area contributed by atoms with Crippen molar-refractivity contribution in [3.63, 3.8) is 0 Å². The van der Waals surface area contributed by atoms with Crippen molar-refractivity contribution in [2.75, 3.05) is 23.3 Å². The minimum Gasteiger partial charge on any atom is -0.370 e. The zero-order valence-electron chi connectivity index (χ0n) is 21.8. The van der Waals surface area contributed by atoms with Crippen LogP contribution in [-0.4, -0.2) is 54.1 Å². The average Bonchev–Trinajstić information content (AvgIpc) is 3.62. The van der Waals surface area contributed by atoms with Gasteiger partial charge >= 0.3 is 0 Å². The first-order chi connectivity index (χ1) is 19.2. The van der Waals surface area contributed by atoms with Crippen molar-refractivity contribution in [2.45, 2.75) is 51.4 Å². The molecule has 10 nitrogen and oxygen atoms in total. The van der Waals surface area contributed by atoms with Gasteiger partial charge in [0.1, 0.15) is 11.2 Å². The molecule has 0 atom stereocenters. The Kier molecular flexibility index (Phi) is 6.14. The zero-order chi connectivity index (χ0) is 26.2. The number of imidazole rings is 1. The summed E-state index contributed by atoms with van der Waals surface area (Å²) in [6.45, 7) is 2.09. The normalized spacial score (nSPS) is 16.7. The van der Waals surface area contributed by atoms with E-state index >= 15 is 0 Å². The second-order valence-electron chi connectivity index (χ2n) is 10.6. The summed E-state index contributed by atoms with van der Waals surface area (Å²) < 4.78 is 0. The molecule has 1 aliphatic heterocycles. The molecule has 0 bridgehead atoms. The molecule has 2 fully saturated rings. The summed E-state index contributed by atoms with van der Waals surface area (Å²) >= 11 is 0. The van der Waals surface area contributed by atoms with Crippen LogP contribution in [0.2, 0.25) is 0 Å². The number of rotatable bonds is 5. The van der Waals surface area contributed by atoms with Crippen LogP contribution in [0.15, 0.2) is 43.0 Å². The number of carbonyl (C=O) groups is 1. The molecule has 39 heavy (non-hydrogen) atoms. The highest BCUT2D eigenvalue weighted by Gasteiger charge is 2.22. The van der Waals surface area contributed by atoms with Crippen LogP contribution in [0.3, 0.4) is 0 Å². The molecular weight excluding hydrogens is 490 g/mol. The summed E-state index contributed by atoms with van der Waals surface area (Å²) in [7, 11) is 0. The number of amides is 1. The van der Waals surface area contributed by atoms with E-state index in [9.17, 15) is 4.79 Å². The van der Waals surface area contributed by atoms with Crippen molar-refractivity contribution >= 4 is 39.3 Å². The minimum atomic E-state index is 0.0802. The van der Waals surface area contributed by atoms with Crippen LogP contribution in [0, 0.1) is 5.92 Å². The lowest BCUT2D eigenvalue weighted by Crippen LogP contribution is -2.29. The number of hydrogen-bond donors (Lipinski definition) is 3. The number of piperidine rings is 1. The SMILES string of the molecule is O=C(Nc1cncc(-c2cc3c(-c4nc5nccc(N6CCCCC6)c5[nH]4)n[nH]c3cn2)c1)C1CCCCC1. The number of aromatic nitrogens is 7. The molecule has 1 aliphatic carbocycles. The number of anilines is 2. The molecule has 0 spiro atoms. The number of nitrogens with one attached hydrogen (secondary N) is 3. The van der Waals surface area contributed by atoms with Crippen molar-refractivity contribution in [3.05, 3.63) is 43.0 Å². The topological polar surface area (TPSA) is 128 Å². The highest BCUT2D eigenvalue weighted by molar-refractivity contribution is 5.96. The lowest BCUT2D eigenvalue weighted by molar-refractivity contribution is -0.120.